The zero-order valence-electron chi connectivity index (χ0n) is 9.91. The van der Waals surface area contributed by atoms with Crippen molar-refractivity contribution in [3.8, 4) is 0 Å². The molecule has 0 saturated heterocycles. The largest absolute Gasteiger partial charge is 0.289 e. The number of hydrogen-bond donors (Lipinski definition) is 0. The molecule has 7 nitrogen and oxygen atoms in total. The molecule has 0 unspecified atom stereocenters. The predicted molar refractivity (Wildman–Crippen MR) is 70.0 cm³/mol. The van der Waals surface area contributed by atoms with E-state index in [2.05, 4.69) is 4.99 Å². The van der Waals surface area contributed by atoms with Gasteiger partial charge in [-0.25, -0.2) is 8.42 Å². The zero-order chi connectivity index (χ0) is 14.2. The molecule has 0 bridgehead atoms. The number of aliphatic imine (C=N–C) groups is 1. The van der Waals surface area contributed by atoms with Crippen molar-refractivity contribution in [2.24, 2.45) is 4.99 Å². The van der Waals surface area contributed by atoms with Crippen molar-refractivity contribution in [3.05, 3.63) is 33.3 Å². The standard InChI is InChI=1S/C10H10ClN3O4S/c1-7-12-4-5-13(7)19(17,18)8-2-3-9(11)10(6-8)14(15)16/h2-3,6H,4-5H2,1H3. The molecule has 2 rings (SSSR count). The van der Waals surface area contributed by atoms with E-state index < -0.39 is 20.6 Å². The second-order valence-corrected chi connectivity index (χ2v) is 6.15. The summed E-state index contributed by atoms with van der Waals surface area (Å²) in [4.78, 5) is 13.9. The highest BCUT2D eigenvalue weighted by Crippen LogP contribution is 2.29. The topological polar surface area (TPSA) is 92.9 Å². The lowest BCUT2D eigenvalue weighted by Gasteiger charge is -2.18. The van der Waals surface area contributed by atoms with Crippen LogP contribution in [-0.2, 0) is 10.0 Å². The van der Waals surface area contributed by atoms with Crippen LogP contribution in [0.2, 0.25) is 5.02 Å². The first-order valence-electron chi connectivity index (χ1n) is 5.32. The van der Waals surface area contributed by atoms with Crippen molar-refractivity contribution in [3.63, 3.8) is 0 Å². The lowest BCUT2D eigenvalue weighted by Crippen LogP contribution is -2.32. The van der Waals surface area contributed by atoms with Crippen molar-refractivity contribution in [1.82, 2.24) is 4.31 Å². The van der Waals surface area contributed by atoms with Crippen molar-refractivity contribution in [1.29, 1.82) is 0 Å². The fraction of sp³-hybridized carbons (Fsp3) is 0.300. The number of nitrogens with zero attached hydrogens (tertiary/aromatic N) is 3. The molecule has 102 valence electrons. The summed E-state index contributed by atoms with van der Waals surface area (Å²) in [6, 6.07) is 3.41. The average Bonchev–Trinajstić information content (AvgIpc) is 2.76. The van der Waals surface area contributed by atoms with Crippen LogP contribution >= 0.6 is 11.6 Å². The van der Waals surface area contributed by atoms with Crippen LogP contribution in [0.3, 0.4) is 0 Å². The lowest BCUT2D eigenvalue weighted by atomic mass is 10.3. The van der Waals surface area contributed by atoms with E-state index in [0.29, 0.717) is 12.4 Å². The van der Waals surface area contributed by atoms with Crippen LogP contribution in [0.5, 0.6) is 0 Å². The Kier molecular flexibility index (Phi) is 3.46. The summed E-state index contributed by atoms with van der Waals surface area (Å²) in [6.45, 7) is 2.21. The van der Waals surface area contributed by atoms with Gasteiger partial charge in [-0.1, -0.05) is 11.6 Å². The van der Waals surface area contributed by atoms with Crippen LogP contribution in [0.1, 0.15) is 6.92 Å². The molecule has 19 heavy (non-hydrogen) atoms. The Morgan fingerprint density at radius 1 is 1.47 bits per heavy atom. The molecule has 0 amide bonds. The van der Waals surface area contributed by atoms with Gasteiger partial charge >= 0.3 is 0 Å². The number of rotatable bonds is 3. The highest BCUT2D eigenvalue weighted by Gasteiger charge is 2.30. The first-order chi connectivity index (χ1) is 8.84. The molecule has 1 aromatic rings. The monoisotopic (exact) mass is 303 g/mol. The molecule has 0 aliphatic carbocycles. The van der Waals surface area contributed by atoms with Gasteiger partial charge in [-0.2, -0.15) is 0 Å². The zero-order valence-corrected chi connectivity index (χ0v) is 11.5. The third kappa shape index (κ3) is 2.41. The van der Waals surface area contributed by atoms with E-state index >= 15 is 0 Å². The summed E-state index contributed by atoms with van der Waals surface area (Å²) < 4.78 is 25.7. The van der Waals surface area contributed by atoms with Crippen LogP contribution in [0.25, 0.3) is 0 Å². The molecule has 0 atom stereocenters. The highest BCUT2D eigenvalue weighted by molar-refractivity contribution is 7.89. The maximum absolute atomic E-state index is 12.3. The van der Waals surface area contributed by atoms with E-state index in [9.17, 15) is 18.5 Å². The number of benzene rings is 1. The predicted octanol–water partition coefficient (Wildman–Crippen LogP) is 1.67. The van der Waals surface area contributed by atoms with E-state index in [1.165, 1.54) is 12.1 Å². The van der Waals surface area contributed by atoms with Gasteiger partial charge in [-0.3, -0.25) is 19.4 Å². The van der Waals surface area contributed by atoms with Gasteiger partial charge in [-0.15, -0.1) is 0 Å². The Balaban J connectivity index is 2.50. The third-order valence-corrected chi connectivity index (χ3v) is 4.90. The second-order valence-electron chi connectivity index (χ2n) is 3.88. The Hall–Kier alpha value is -1.67. The van der Waals surface area contributed by atoms with Gasteiger partial charge in [0.05, 0.1) is 22.9 Å². The summed E-state index contributed by atoms with van der Waals surface area (Å²) in [5.41, 5.74) is -0.434. The smallest absolute Gasteiger partial charge is 0.270 e. The summed E-state index contributed by atoms with van der Waals surface area (Å²) in [5, 5.41) is 10.7. The number of nitro groups is 1. The fourth-order valence-corrected chi connectivity index (χ4v) is 3.43. The van der Waals surface area contributed by atoms with Crippen LogP contribution < -0.4 is 0 Å². The quantitative estimate of drug-likeness (QED) is 0.627. The SMILES string of the molecule is CC1=NCCN1S(=O)(=O)c1ccc(Cl)c([N+](=O)[O-])c1. The number of halogens is 1. The second kappa shape index (κ2) is 4.78. The molecule has 1 aliphatic heterocycles. The Bertz CT molecular complexity index is 671. The van der Waals surface area contributed by atoms with Gasteiger partial charge < -0.3 is 0 Å². The van der Waals surface area contributed by atoms with Gasteiger partial charge in [0.2, 0.25) is 0 Å². The van der Waals surface area contributed by atoms with Gasteiger partial charge in [0, 0.05) is 6.07 Å². The fourth-order valence-electron chi connectivity index (χ4n) is 1.76. The normalized spacial score (nSPS) is 15.5. The molecule has 0 radical (unpaired) electrons. The van der Waals surface area contributed by atoms with Crippen LogP contribution in [-0.4, -0.2) is 36.6 Å². The van der Waals surface area contributed by atoms with Crippen LogP contribution in [0, 0.1) is 10.1 Å². The summed E-state index contributed by atoms with van der Waals surface area (Å²) in [7, 11) is -3.82. The third-order valence-electron chi connectivity index (χ3n) is 2.71. The first-order valence-corrected chi connectivity index (χ1v) is 7.13. The minimum absolute atomic E-state index is 0.101. The first kappa shape index (κ1) is 13.8. The average molecular weight is 304 g/mol. The molecule has 9 heteroatoms. The molecule has 0 spiro atoms. The molecule has 1 aromatic carbocycles. The minimum atomic E-state index is -3.82. The maximum atomic E-state index is 12.3. The van der Waals surface area contributed by atoms with Gasteiger partial charge in [-0.05, 0) is 19.1 Å². The van der Waals surface area contributed by atoms with E-state index in [1.807, 2.05) is 0 Å². The minimum Gasteiger partial charge on any atom is -0.270 e. The number of amidine groups is 1. The summed E-state index contributed by atoms with van der Waals surface area (Å²) in [5.74, 6) is 0.373. The molecular formula is C10H10ClN3O4S. The highest BCUT2D eigenvalue weighted by atomic mass is 35.5. The molecule has 0 N–H and O–H groups in total. The number of nitro benzene ring substituents is 1. The molecular weight excluding hydrogens is 294 g/mol. The summed E-state index contributed by atoms with van der Waals surface area (Å²) in [6.07, 6.45) is 0. The number of hydrogen-bond acceptors (Lipinski definition) is 5. The van der Waals surface area contributed by atoms with Gasteiger partial charge in [0.15, 0.2) is 0 Å². The molecule has 0 aromatic heterocycles. The van der Waals surface area contributed by atoms with Crippen LogP contribution in [0.4, 0.5) is 5.69 Å². The Morgan fingerprint density at radius 2 is 2.16 bits per heavy atom. The van der Waals surface area contributed by atoms with Gasteiger partial charge in [0.25, 0.3) is 15.7 Å². The Labute approximate surface area is 114 Å². The van der Waals surface area contributed by atoms with Crippen molar-refractivity contribution in [2.45, 2.75) is 11.8 Å². The Morgan fingerprint density at radius 3 is 2.68 bits per heavy atom. The van der Waals surface area contributed by atoms with E-state index in [0.717, 1.165) is 10.4 Å². The lowest BCUT2D eigenvalue weighted by molar-refractivity contribution is -0.384. The van der Waals surface area contributed by atoms with E-state index in [-0.39, 0.29) is 16.5 Å². The summed E-state index contributed by atoms with van der Waals surface area (Å²) >= 11 is 5.66. The van der Waals surface area contributed by atoms with E-state index in [1.54, 1.807) is 6.92 Å². The van der Waals surface area contributed by atoms with E-state index in [4.69, 9.17) is 11.6 Å². The maximum Gasteiger partial charge on any atom is 0.289 e. The van der Waals surface area contributed by atoms with Crippen LogP contribution in [0.15, 0.2) is 28.1 Å². The molecule has 1 heterocycles. The van der Waals surface area contributed by atoms with Crippen molar-refractivity contribution >= 4 is 33.1 Å². The molecule has 0 fully saturated rings. The van der Waals surface area contributed by atoms with Gasteiger partial charge in [0.1, 0.15) is 10.9 Å². The molecule has 1 aliphatic rings. The molecule has 0 saturated carbocycles. The number of sulfonamides is 1. The van der Waals surface area contributed by atoms with Crippen molar-refractivity contribution in [2.75, 3.05) is 13.1 Å². The van der Waals surface area contributed by atoms with Crippen molar-refractivity contribution < 1.29 is 13.3 Å².